The molecule has 0 saturated carbocycles. The molecule has 0 aromatic heterocycles. The molecule has 8 heteroatoms. The van der Waals surface area contributed by atoms with Crippen LogP contribution in [0.15, 0.2) is 89.8 Å². The van der Waals surface area contributed by atoms with Crippen LogP contribution in [0.5, 0.6) is 0 Å². The molecule has 170 valence electrons. The summed E-state index contributed by atoms with van der Waals surface area (Å²) in [5.41, 5.74) is 2.57. The van der Waals surface area contributed by atoms with Crippen LogP contribution in [-0.2, 0) is 36.8 Å². The van der Waals surface area contributed by atoms with Gasteiger partial charge < -0.3 is 9.05 Å². The monoisotopic (exact) mass is 473 g/mol. The molecule has 3 rings (SSSR count). The van der Waals surface area contributed by atoms with E-state index in [4.69, 9.17) is 9.05 Å². The SMILES string of the molecule is CCC(NS(=O)(=O)c1ccc(C)cc1)P(=O)(OCc1ccccc1)OCc1ccccc1. The van der Waals surface area contributed by atoms with Crippen molar-refractivity contribution in [2.24, 2.45) is 0 Å². The van der Waals surface area contributed by atoms with Gasteiger partial charge in [-0.1, -0.05) is 85.3 Å². The summed E-state index contributed by atoms with van der Waals surface area (Å²) in [6, 6.07) is 25.0. The number of aryl methyl sites for hydroxylation is 1. The van der Waals surface area contributed by atoms with E-state index in [1.54, 1.807) is 19.1 Å². The highest BCUT2D eigenvalue weighted by molar-refractivity contribution is 7.89. The van der Waals surface area contributed by atoms with E-state index in [1.807, 2.05) is 67.6 Å². The normalized spacial score (nSPS) is 13.1. The summed E-state index contributed by atoms with van der Waals surface area (Å²) in [6.45, 7) is 3.69. The quantitative estimate of drug-likeness (QED) is 0.365. The third kappa shape index (κ3) is 6.61. The Morgan fingerprint density at radius 3 is 1.72 bits per heavy atom. The fourth-order valence-corrected chi connectivity index (χ4v) is 6.66. The van der Waals surface area contributed by atoms with Crippen LogP contribution in [-0.4, -0.2) is 14.2 Å². The van der Waals surface area contributed by atoms with Gasteiger partial charge in [-0.15, -0.1) is 0 Å². The lowest BCUT2D eigenvalue weighted by Gasteiger charge is -2.27. The summed E-state index contributed by atoms with van der Waals surface area (Å²) in [5, 5.41) is 0. The maximum absolute atomic E-state index is 13.9. The van der Waals surface area contributed by atoms with Gasteiger partial charge in [0.15, 0.2) is 0 Å². The molecule has 3 aromatic rings. The third-order valence-electron chi connectivity index (χ3n) is 4.90. The Morgan fingerprint density at radius 2 is 1.28 bits per heavy atom. The van der Waals surface area contributed by atoms with E-state index in [0.29, 0.717) is 0 Å². The average Bonchev–Trinajstić information content (AvgIpc) is 2.81. The van der Waals surface area contributed by atoms with Crippen molar-refractivity contribution in [2.75, 3.05) is 0 Å². The molecule has 0 radical (unpaired) electrons. The maximum Gasteiger partial charge on any atom is 0.349 e. The Kier molecular flexibility index (Phi) is 8.40. The van der Waals surface area contributed by atoms with Gasteiger partial charge in [-0.25, -0.2) is 8.42 Å². The molecule has 1 unspecified atom stereocenters. The van der Waals surface area contributed by atoms with Gasteiger partial charge in [0.05, 0.1) is 18.1 Å². The zero-order valence-electron chi connectivity index (χ0n) is 18.2. The minimum atomic E-state index is -3.92. The molecule has 1 atom stereocenters. The number of nitrogens with one attached hydrogen (secondary N) is 1. The van der Waals surface area contributed by atoms with Gasteiger partial charge in [0.2, 0.25) is 10.0 Å². The van der Waals surface area contributed by atoms with Crippen LogP contribution < -0.4 is 4.72 Å². The average molecular weight is 474 g/mol. The third-order valence-corrected chi connectivity index (χ3v) is 8.80. The summed E-state index contributed by atoms with van der Waals surface area (Å²) in [5.74, 6) is -1.04. The molecule has 3 aromatic carbocycles. The molecule has 0 aliphatic rings. The van der Waals surface area contributed by atoms with Crippen molar-refractivity contribution in [1.82, 2.24) is 4.72 Å². The zero-order valence-corrected chi connectivity index (χ0v) is 19.9. The van der Waals surface area contributed by atoms with E-state index in [-0.39, 0.29) is 24.5 Å². The molecule has 32 heavy (non-hydrogen) atoms. The molecule has 0 amide bonds. The summed E-state index contributed by atoms with van der Waals surface area (Å²) in [7, 11) is -7.80. The Bertz CT molecular complexity index is 1090. The van der Waals surface area contributed by atoms with Gasteiger partial charge in [0, 0.05) is 0 Å². The van der Waals surface area contributed by atoms with Crippen LogP contribution in [0.1, 0.15) is 30.0 Å². The van der Waals surface area contributed by atoms with E-state index < -0.39 is 23.4 Å². The second-order valence-corrected chi connectivity index (χ2v) is 11.3. The summed E-state index contributed by atoms with van der Waals surface area (Å²) in [4.78, 5) is 0.0965. The van der Waals surface area contributed by atoms with Crippen molar-refractivity contribution in [1.29, 1.82) is 0 Å². The van der Waals surface area contributed by atoms with E-state index in [1.165, 1.54) is 12.1 Å². The van der Waals surface area contributed by atoms with Crippen molar-refractivity contribution in [2.45, 2.75) is 44.2 Å². The van der Waals surface area contributed by atoms with Crippen molar-refractivity contribution in [3.8, 4) is 0 Å². The van der Waals surface area contributed by atoms with Crippen molar-refractivity contribution in [3.05, 3.63) is 102 Å². The Hall–Kier alpha value is -2.28. The smallest absolute Gasteiger partial charge is 0.303 e. The lowest BCUT2D eigenvalue weighted by atomic mass is 10.2. The minimum Gasteiger partial charge on any atom is -0.303 e. The fraction of sp³-hybridized carbons (Fsp3) is 0.250. The molecular weight excluding hydrogens is 445 g/mol. The van der Waals surface area contributed by atoms with Crippen molar-refractivity contribution in [3.63, 3.8) is 0 Å². The van der Waals surface area contributed by atoms with Gasteiger partial charge in [-0.3, -0.25) is 4.57 Å². The molecule has 0 saturated heterocycles. The van der Waals surface area contributed by atoms with Crippen LogP contribution in [0, 0.1) is 6.92 Å². The lowest BCUT2D eigenvalue weighted by molar-refractivity contribution is 0.181. The summed E-state index contributed by atoms with van der Waals surface area (Å²) < 4.78 is 54.0. The van der Waals surface area contributed by atoms with Crippen LogP contribution in [0.25, 0.3) is 0 Å². The van der Waals surface area contributed by atoms with Crippen molar-refractivity contribution >= 4 is 17.6 Å². The maximum atomic E-state index is 13.9. The van der Waals surface area contributed by atoms with Crippen LogP contribution in [0.3, 0.4) is 0 Å². The Balaban J connectivity index is 1.84. The van der Waals surface area contributed by atoms with Gasteiger partial charge in [-0.2, -0.15) is 4.72 Å². The first kappa shape index (κ1) is 24.4. The topological polar surface area (TPSA) is 81.7 Å². The van der Waals surface area contributed by atoms with Crippen LogP contribution in [0.2, 0.25) is 0 Å². The molecule has 0 heterocycles. The number of hydrogen-bond acceptors (Lipinski definition) is 5. The first-order valence-electron chi connectivity index (χ1n) is 10.4. The first-order chi connectivity index (χ1) is 15.3. The molecule has 1 N–H and O–H groups in total. The van der Waals surface area contributed by atoms with Gasteiger partial charge >= 0.3 is 7.60 Å². The highest BCUT2D eigenvalue weighted by Crippen LogP contribution is 2.55. The molecule has 0 spiro atoms. The zero-order chi connectivity index (χ0) is 23.0. The molecule has 0 fully saturated rings. The van der Waals surface area contributed by atoms with Crippen LogP contribution >= 0.6 is 7.60 Å². The number of benzene rings is 3. The number of sulfonamides is 1. The van der Waals surface area contributed by atoms with Crippen LogP contribution in [0.4, 0.5) is 0 Å². The van der Waals surface area contributed by atoms with E-state index >= 15 is 0 Å². The second kappa shape index (κ2) is 11.0. The summed E-state index contributed by atoms with van der Waals surface area (Å²) in [6.07, 6.45) is 0.228. The van der Waals surface area contributed by atoms with E-state index in [0.717, 1.165) is 16.7 Å². The summed E-state index contributed by atoms with van der Waals surface area (Å²) >= 11 is 0. The lowest BCUT2D eigenvalue weighted by Crippen LogP contribution is -2.35. The second-order valence-electron chi connectivity index (χ2n) is 7.42. The number of hydrogen-bond donors (Lipinski definition) is 1. The Morgan fingerprint density at radius 1 is 0.812 bits per heavy atom. The molecular formula is C24H28NO5PS. The van der Waals surface area contributed by atoms with Gasteiger partial charge in [0.25, 0.3) is 0 Å². The first-order valence-corrected chi connectivity index (χ1v) is 13.5. The molecule has 0 aliphatic heterocycles. The molecule has 0 aliphatic carbocycles. The van der Waals surface area contributed by atoms with E-state index in [9.17, 15) is 13.0 Å². The van der Waals surface area contributed by atoms with Gasteiger partial charge in [0.1, 0.15) is 5.78 Å². The Labute approximate surface area is 190 Å². The fourth-order valence-electron chi connectivity index (χ4n) is 3.03. The largest absolute Gasteiger partial charge is 0.349 e. The molecule has 0 bridgehead atoms. The minimum absolute atomic E-state index is 0.0374. The predicted octanol–water partition coefficient (Wildman–Crippen LogP) is 5.64. The molecule has 6 nitrogen and oxygen atoms in total. The number of rotatable bonds is 11. The predicted molar refractivity (Wildman–Crippen MR) is 126 cm³/mol. The van der Waals surface area contributed by atoms with Crippen molar-refractivity contribution < 1.29 is 22.0 Å². The highest BCUT2D eigenvalue weighted by Gasteiger charge is 2.38. The highest BCUT2D eigenvalue weighted by atomic mass is 32.2. The van der Waals surface area contributed by atoms with E-state index in [2.05, 4.69) is 4.72 Å². The van der Waals surface area contributed by atoms with Gasteiger partial charge in [-0.05, 0) is 36.6 Å². The standard InChI is InChI=1S/C24H28NO5PS/c1-3-24(25-32(27,28)23-16-14-20(2)15-17-23)31(26,29-18-21-10-6-4-7-11-21)30-19-22-12-8-5-9-13-22/h4-17,24-25H,3,18-19H2,1-2H3.